The van der Waals surface area contributed by atoms with Crippen LogP contribution in [0.4, 0.5) is 17.1 Å². The summed E-state index contributed by atoms with van der Waals surface area (Å²) in [7, 11) is 0. The molecule has 0 amide bonds. The monoisotopic (exact) mass is 709 g/mol. The van der Waals surface area contributed by atoms with Gasteiger partial charge in [0.05, 0.1) is 11.4 Å². The van der Waals surface area contributed by atoms with Crippen molar-refractivity contribution in [2.24, 2.45) is 0 Å². The van der Waals surface area contributed by atoms with Crippen LogP contribution in [0, 0.1) is 0 Å². The van der Waals surface area contributed by atoms with E-state index in [4.69, 9.17) is 0 Å². The van der Waals surface area contributed by atoms with E-state index in [2.05, 4.69) is 210 Å². The fourth-order valence-electron chi connectivity index (χ4n) is 10.4. The Bertz CT molecular complexity index is 2810. The van der Waals surface area contributed by atoms with Crippen molar-refractivity contribution < 1.29 is 0 Å². The van der Waals surface area contributed by atoms with Crippen LogP contribution in [0.2, 0.25) is 0 Å². The first-order valence-electron chi connectivity index (χ1n) is 19.8. The van der Waals surface area contributed by atoms with Crippen molar-refractivity contribution in [1.82, 2.24) is 0 Å². The minimum atomic E-state index is -0.105. The van der Waals surface area contributed by atoms with E-state index in [1.807, 2.05) is 0 Å². The minimum Gasteiger partial charge on any atom is -0.309 e. The molecule has 2 aliphatic carbocycles. The van der Waals surface area contributed by atoms with Crippen molar-refractivity contribution >= 4 is 38.6 Å². The predicted molar refractivity (Wildman–Crippen MR) is 235 cm³/mol. The Morgan fingerprint density at radius 1 is 0.382 bits per heavy atom. The Morgan fingerprint density at radius 2 is 1.00 bits per heavy atom. The highest BCUT2D eigenvalue weighted by Crippen LogP contribution is 2.57. The minimum absolute atomic E-state index is 0.105. The smallest absolute Gasteiger partial charge is 0.0546 e. The van der Waals surface area contributed by atoms with E-state index in [-0.39, 0.29) is 16.2 Å². The Kier molecular flexibility index (Phi) is 7.36. The summed E-state index contributed by atoms with van der Waals surface area (Å²) < 4.78 is 0. The Morgan fingerprint density at radius 3 is 1.80 bits per heavy atom. The zero-order chi connectivity index (χ0) is 37.7. The van der Waals surface area contributed by atoms with Crippen molar-refractivity contribution in [3.05, 3.63) is 186 Å². The zero-order valence-corrected chi connectivity index (χ0v) is 32.7. The van der Waals surface area contributed by atoms with Gasteiger partial charge >= 0.3 is 0 Å². The number of hydrogen-bond donors (Lipinski definition) is 0. The van der Waals surface area contributed by atoms with Crippen molar-refractivity contribution in [2.45, 2.75) is 64.2 Å². The predicted octanol–water partition coefficient (Wildman–Crippen LogP) is 15.1. The van der Waals surface area contributed by atoms with E-state index >= 15 is 0 Å². The fraction of sp³-hybridized carbons (Fsp3) is 0.185. The number of nitrogens with zero attached hydrogens (tertiary/aromatic N) is 1. The van der Waals surface area contributed by atoms with Gasteiger partial charge in [0, 0.05) is 22.1 Å². The van der Waals surface area contributed by atoms with Gasteiger partial charge in [0.15, 0.2) is 0 Å². The molecule has 0 fully saturated rings. The first-order chi connectivity index (χ1) is 26.5. The maximum atomic E-state index is 2.57. The molecule has 1 heteroatoms. The molecule has 0 bridgehead atoms. The summed E-state index contributed by atoms with van der Waals surface area (Å²) in [5, 5.41) is 4.94. The number of anilines is 3. The van der Waals surface area contributed by atoms with Crippen molar-refractivity contribution in [1.29, 1.82) is 0 Å². The molecule has 10 rings (SSSR count). The van der Waals surface area contributed by atoms with Gasteiger partial charge in [-0.1, -0.05) is 163 Å². The standard InChI is InChI=1S/C54H47N/c1-52(2)34-53(3,4)49-33-47-45(32-48(49)52)43-28-27-36(30-46(43)54(47,5)6)38-29-37-18-11-13-23-41(37)51(31-38)55(39-20-8-7-9-21-39)50-26-15-14-24-44(50)42-25-16-19-35-17-10-12-22-40(35)42/h7-33H,34H2,1-6H3. The molecule has 0 radical (unpaired) electrons. The fourth-order valence-corrected chi connectivity index (χ4v) is 10.4. The van der Waals surface area contributed by atoms with Crippen LogP contribution in [0.15, 0.2) is 164 Å². The highest BCUT2D eigenvalue weighted by Gasteiger charge is 2.45. The van der Waals surface area contributed by atoms with Crippen LogP contribution < -0.4 is 4.90 Å². The molecule has 1 nitrogen and oxygen atoms in total. The summed E-state index contributed by atoms with van der Waals surface area (Å²) in [6.45, 7) is 14.6. The largest absolute Gasteiger partial charge is 0.309 e. The molecule has 8 aromatic carbocycles. The van der Waals surface area contributed by atoms with Gasteiger partial charge in [0.1, 0.15) is 0 Å². The number of benzene rings is 8. The lowest BCUT2D eigenvalue weighted by molar-refractivity contribution is 0.403. The highest BCUT2D eigenvalue weighted by atomic mass is 15.1. The molecule has 0 N–H and O–H groups in total. The molecule has 0 aromatic heterocycles. The zero-order valence-electron chi connectivity index (χ0n) is 32.7. The second-order valence-electron chi connectivity index (χ2n) is 17.7. The van der Waals surface area contributed by atoms with Gasteiger partial charge in [-0.15, -0.1) is 0 Å². The first-order valence-corrected chi connectivity index (χ1v) is 19.8. The molecule has 0 heterocycles. The Hall–Kier alpha value is -5.92. The van der Waals surface area contributed by atoms with Crippen LogP contribution >= 0.6 is 0 Å². The van der Waals surface area contributed by atoms with Crippen molar-refractivity contribution in [3.63, 3.8) is 0 Å². The van der Waals surface area contributed by atoms with E-state index < -0.39 is 0 Å². The van der Waals surface area contributed by atoms with E-state index in [0.717, 1.165) is 17.1 Å². The molecule has 0 spiro atoms. The van der Waals surface area contributed by atoms with Crippen LogP contribution in [0.1, 0.15) is 70.2 Å². The van der Waals surface area contributed by atoms with Crippen molar-refractivity contribution in [3.8, 4) is 33.4 Å². The van der Waals surface area contributed by atoms with E-state index in [0.29, 0.717) is 0 Å². The summed E-state index contributed by atoms with van der Waals surface area (Å²) >= 11 is 0. The Balaban J connectivity index is 1.17. The van der Waals surface area contributed by atoms with Crippen LogP contribution in [0.3, 0.4) is 0 Å². The van der Waals surface area contributed by atoms with Gasteiger partial charge in [-0.2, -0.15) is 0 Å². The summed E-state index contributed by atoms with van der Waals surface area (Å²) in [6.07, 6.45) is 1.18. The lowest BCUT2D eigenvalue weighted by atomic mass is 9.78. The molecule has 0 atom stereocenters. The molecule has 0 saturated carbocycles. The molecule has 0 saturated heterocycles. The average molecular weight is 710 g/mol. The SMILES string of the molecule is CC1(C)CC(C)(C)c2cc3c(cc21)-c1ccc(-c2cc(N(c4ccccc4)c4ccccc4-c4cccc5ccccc45)c4ccccc4c2)cc1C3(C)C. The van der Waals surface area contributed by atoms with Gasteiger partial charge in [0.2, 0.25) is 0 Å². The first kappa shape index (κ1) is 33.6. The van der Waals surface area contributed by atoms with Gasteiger partial charge in [-0.05, 0) is 126 Å². The number of fused-ring (bicyclic) bond motifs is 6. The normalized spacial score (nSPS) is 15.8. The molecule has 55 heavy (non-hydrogen) atoms. The lowest BCUT2D eigenvalue weighted by Gasteiger charge is -2.30. The highest BCUT2D eigenvalue weighted by molar-refractivity contribution is 6.06. The number of hydrogen-bond acceptors (Lipinski definition) is 1. The average Bonchev–Trinajstić information content (AvgIpc) is 3.53. The maximum absolute atomic E-state index is 2.57. The number of para-hydroxylation sites is 2. The van der Waals surface area contributed by atoms with Gasteiger partial charge < -0.3 is 4.90 Å². The van der Waals surface area contributed by atoms with Crippen LogP contribution in [0.5, 0.6) is 0 Å². The molecule has 8 aromatic rings. The third kappa shape index (κ3) is 5.20. The number of rotatable bonds is 5. The molecule has 0 aliphatic heterocycles. The van der Waals surface area contributed by atoms with Crippen LogP contribution in [-0.2, 0) is 16.2 Å². The molecule has 0 unspecified atom stereocenters. The van der Waals surface area contributed by atoms with Crippen LogP contribution in [0.25, 0.3) is 54.9 Å². The van der Waals surface area contributed by atoms with Crippen molar-refractivity contribution in [2.75, 3.05) is 4.90 Å². The molecule has 2 aliphatic rings. The summed E-state index contributed by atoms with van der Waals surface area (Å²) in [5.41, 5.74) is 17.3. The third-order valence-electron chi connectivity index (χ3n) is 12.8. The quantitative estimate of drug-likeness (QED) is 0.172. The third-order valence-corrected chi connectivity index (χ3v) is 12.8. The summed E-state index contributed by atoms with van der Waals surface area (Å²) in [4.78, 5) is 2.47. The van der Waals surface area contributed by atoms with E-state index in [9.17, 15) is 0 Å². The van der Waals surface area contributed by atoms with Gasteiger partial charge in [0.25, 0.3) is 0 Å². The van der Waals surface area contributed by atoms with Gasteiger partial charge in [-0.3, -0.25) is 0 Å². The maximum Gasteiger partial charge on any atom is 0.0546 e. The van der Waals surface area contributed by atoms with Crippen LogP contribution in [-0.4, -0.2) is 0 Å². The lowest BCUT2D eigenvalue weighted by Crippen LogP contribution is -2.18. The van der Waals surface area contributed by atoms with E-state index in [1.54, 1.807) is 0 Å². The Labute approximate surface area is 325 Å². The second kappa shape index (κ2) is 12.0. The van der Waals surface area contributed by atoms with Gasteiger partial charge in [-0.25, -0.2) is 0 Å². The van der Waals surface area contributed by atoms with E-state index in [1.165, 1.54) is 83.6 Å². The molecular weight excluding hydrogens is 663 g/mol. The summed E-state index contributed by atoms with van der Waals surface area (Å²) in [5.74, 6) is 0. The second-order valence-corrected chi connectivity index (χ2v) is 17.7. The molecule has 268 valence electrons. The summed E-state index contributed by atoms with van der Waals surface area (Å²) in [6, 6.07) is 61.2. The molecular formula is C54H47N. The topological polar surface area (TPSA) is 3.24 Å².